The van der Waals surface area contributed by atoms with Crippen molar-refractivity contribution < 1.29 is 24.4 Å². The summed E-state index contributed by atoms with van der Waals surface area (Å²) in [6, 6.07) is 2.15. The van der Waals surface area contributed by atoms with Gasteiger partial charge in [-0.15, -0.1) is 0 Å². The van der Waals surface area contributed by atoms with Crippen molar-refractivity contribution in [3.05, 3.63) is 28.7 Å². The van der Waals surface area contributed by atoms with Crippen LogP contribution in [0.5, 0.6) is 5.75 Å². The van der Waals surface area contributed by atoms with Crippen LogP contribution in [0, 0.1) is 0 Å². The lowest BCUT2D eigenvalue weighted by atomic mass is 10.1. The fourth-order valence-electron chi connectivity index (χ4n) is 1.78. The van der Waals surface area contributed by atoms with Crippen LogP contribution in [0.25, 0.3) is 0 Å². The van der Waals surface area contributed by atoms with Crippen LogP contribution in [0.15, 0.2) is 23.1 Å². The molecule has 3 N–H and O–H groups in total. The molecular weight excluding hydrogens is 233 g/mol. The van der Waals surface area contributed by atoms with Crippen molar-refractivity contribution in [1.82, 2.24) is 4.57 Å². The summed E-state index contributed by atoms with van der Waals surface area (Å²) < 4.78 is 19.4. The zero-order chi connectivity index (χ0) is 12.6. The van der Waals surface area contributed by atoms with E-state index in [1.165, 1.54) is 12.3 Å². The van der Waals surface area contributed by atoms with Gasteiger partial charge in [0, 0.05) is 12.3 Å². The number of aliphatic hydroxyl groups excluding tert-OH is 2. The van der Waals surface area contributed by atoms with Gasteiger partial charge in [-0.3, -0.25) is 9.36 Å². The van der Waals surface area contributed by atoms with Crippen molar-refractivity contribution in [1.29, 1.82) is 0 Å². The molecule has 0 saturated carbocycles. The van der Waals surface area contributed by atoms with Crippen molar-refractivity contribution >= 4 is 0 Å². The first-order valence-electron chi connectivity index (χ1n) is 5.04. The van der Waals surface area contributed by atoms with E-state index >= 15 is 0 Å². The van der Waals surface area contributed by atoms with Crippen LogP contribution in [0.2, 0.25) is 0 Å². The highest BCUT2D eigenvalue weighted by molar-refractivity contribution is 5.16. The summed E-state index contributed by atoms with van der Waals surface area (Å²) in [6.07, 6.45) is -4.45. The minimum absolute atomic E-state index is 0.228. The van der Waals surface area contributed by atoms with Crippen LogP contribution in [-0.2, 0) is 4.74 Å². The van der Waals surface area contributed by atoms with Gasteiger partial charge in [0.15, 0.2) is 12.4 Å². The molecule has 6 nitrogen and oxygen atoms in total. The van der Waals surface area contributed by atoms with Gasteiger partial charge in [-0.05, 0) is 6.07 Å². The lowest BCUT2D eigenvalue weighted by molar-refractivity contribution is -0.0531. The summed E-state index contributed by atoms with van der Waals surface area (Å²) in [5.41, 5.74) is -0.625. The molecule has 7 heteroatoms. The van der Waals surface area contributed by atoms with Gasteiger partial charge in [0.25, 0.3) is 5.56 Å². The molecule has 1 aliphatic heterocycles. The third kappa shape index (κ3) is 2.04. The molecule has 1 aromatic rings. The molecule has 0 spiro atoms. The highest BCUT2D eigenvalue weighted by atomic mass is 19.1. The number of pyridine rings is 1. The Kier molecular flexibility index (Phi) is 3.14. The normalized spacial score (nSPS) is 32.9. The van der Waals surface area contributed by atoms with Crippen LogP contribution < -0.4 is 5.56 Å². The molecule has 0 bridgehead atoms. The molecular formula is C10H12FNO5. The van der Waals surface area contributed by atoms with Gasteiger partial charge in [-0.2, -0.15) is 0 Å². The lowest BCUT2D eigenvalue weighted by Gasteiger charge is -2.16. The smallest absolute Gasteiger partial charge is 0.256 e. The monoisotopic (exact) mass is 245 g/mol. The average molecular weight is 245 g/mol. The number of ether oxygens (including phenoxy) is 1. The predicted molar refractivity (Wildman–Crippen MR) is 54.3 cm³/mol. The number of halogens is 1. The van der Waals surface area contributed by atoms with Gasteiger partial charge >= 0.3 is 0 Å². The van der Waals surface area contributed by atoms with Gasteiger partial charge in [0.05, 0.1) is 6.61 Å². The van der Waals surface area contributed by atoms with Crippen molar-refractivity contribution in [2.45, 2.75) is 24.6 Å². The van der Waals surface area contributed by atoms with Crippen molar-refractivity contribution in [2.75, 3.05) is 6.61 Å². The number of aromatic nitrogens is 1. The van der Waals surface area contributed by atoms with Gasteiger partial charge in [-0.25, -0.2) is 4.39 Å². The molecule has 1 saturated heterocycles. The van der Waals surface area contributed by atoms with E-state index in [1.807, 2.05) is 0 Å². The summed E-state index contributed by atoms with van der Waals surface area (Å²) in [5.74, 6) is -0.228. The summed E-state index contributed by atoms with van der Waals surface area (Å²) >= 11 is 0. The van der Waals surface area contributed by atoms with E-state index in [-0.39, 0.29) is 5.75 Å². The van der Waals surface area contributed by atoms with E-state index in [4.69, 9.17) is 14.9 Å². The van der Waals surface area contributed by atoms with Gasteiger partial charge < -0.3 is 20.1 Å². The number of alkyl halides is 1. The van der Waals surface area contributed by atoms with Gasteiger partial charge in [0.2, 0.25) is 0 Å². The van der Waals surface area contributed by atoms with Crippen molar-refractivity contribution in [2.24, 2.45) is 0 Å². The van der Waals surface area contributed by atoms with Crippen molar-refractivity contribution in [3.8, 4) is 5.75 Å². The first-order chi connectivity index (χ1) is 8.04. The van der Waals surface area contributed by atoms with E-state index in [1.54, 1.807) is 0 Å². The maximum atomic E-state index is 13.4. The van der Waals surface area contributed by atoms with Crippen LogP contribution in [0.4, 0.5) is 4.39 Å². The average Bonchev–Trinajstić information content (AvgIpc) is 2.57. The standard InChI is InChI=1S/C10H12FNO5/c11-8-6(4-13)17-10(9(8)16)12-2-1-5(14)3-7(12)15/h1-3,6,8-10,13-14,16H,4H2/t6-,8-,9-,10-/m1/s1. The number of nitrogens with zero attached hydrogens (tertiary/aromatic N) is 1. The SMILES string of the molecule is O=c1cc(O)ccn1[C@@H]1O[C@H](CO)[C@@H](F)[C@H]1O. The van der Waals surface area contributed by atoms with Crippen molar-refractivity contribution in [3.63, 3.8) is 0 Å². The molecule has 0 radical (unpaired) electrons. The van der Waals surface area contributed by atoms with Crippen LogP contribution >= 0.6 is 0 Å². The summed E-state index contributed by atoms with van der Waals surface area (Å²) in [6.45, 7) is -0.582. The summed E-state index contributed by atoms with van der Waals surface area (Å²) in [7, 11) is 0. The Labute approximate surface area is 95.5 Å². The van der Waals surface area contributed by atoms with E-state index in [0.717, 1.165) is 10.6 Å². The Morgan fingerprint density at radius 2 is 2.24 bits per heavy atom. The fraction of sp³-hybridized carbons (Fsp3) is 0.500. The second-order valence-electron chi connectivity index (χ2n) is 3.81. The quantitative estimate of drug-likeness (QED) is 0.630. The molecule has 0 aliphatic carbocycles. The molecule has 94 valence electrons. The number of aliphatic hydroxyl groups is 2. The molecule has 0 amide bonds. The first kappa shape index (κ1) is 12.0. The van der Waals surface area contributed by atoms with Gasteiger partial charge in [-0.1, -0.05) is 0 Å². The molecule has 0 unspecified atom stereocenters. The Hall–Kier alpha value is -1.44. The maximum Gasteiger partial charge on any atom is 0.256 e. The molecule has 1 aromatic heterocycles. The third-order valence-corrected chi connectivity index (χ3v) is 2.67. The summed E-state index contributed by atoms with van der Waals surface area (Å²) in [4.78, 5) is 11.5. The number of hydrogen-bond donors (Lipinski definition) is 3. The zero-order valence-corrected chi connectivity index (χ0v) is 8.73. The molecule has 1 fully saturated rings. The first-order valence-corrected chi connectivity index (χ1v) is 5.04. The number of hydrogen-bond acceptors (Lipinski definition) is 5. The lowest BCUT2D eigenvalue weighted by Crippen LogP contribution is -2.32. The van der Waals surface area contributed by atoms with E-state index < -0.39 is 36.8 Å². The van der Waals surface area contributed by atoms with Crippen LogP contribution in [0.1, 0.15) is 6.23 Å². The molecule has 2 rings (SSSR count). The fourth-order valence-corrected chi connectivity index (χ4v) is 1.78. The second-order valence-corrected chi connectivity index (χ2v) is 3.81. The maximum absolute atomic E-state index is 13.4. The molecule has 1 aliphatic rings. The highest BCUT2D eigenvalue weighted by Crippen LogP contribution is 2.30. The minimum Gasteiger partial charge on any atom is -0.508 e. The van der Waals surface area contributed by atoms with E-state index in [2.05, 4.69) is 0 Å². The Morgan fingerprint density at radius 1 is 1.53 bits per heavy atom. The third-order valence-electron chi connectivity index (χ3n) is 2.67. The van der Waals surface area contributed by atoms with Crippen LogP contribution in [0.3, 0.4) is 0 Å². The predicted octanol–water partition coefficient (Wildman–Crippen LogP) is -0.857. The van der Waals surface area contributed by atoms with E-state index in [9.17, 15) is 14.3 Å². The Balaban J connectivity index is 2.32. The molecule has 4 atom stereocenters. The molecule has 17 heavy (non-hydrogen) atoms. The largest absolute Gasteiger partial charge is 0.508 e. The van der Waals surface area contributed by atoms with Gasteiger partial charge in [0.1, 0.15) is 18.0 Å². The zero-order valence-electron chi connectivity index (χ0n) is 8.73. The Bertz CT molecular complexity index is 462. The van der Waals surface area contributed by atoms with Crippen LogP contribution in [-0.4, -0.2) is 44.9 Å². The Morgan fingerprint density at radius 3 is 2.76 bits per heavy atom. The summed E-state index contributed by atoms with van der Waals surface area (Å²) in [5, 5.41) is 27.5. The number of rotatable bonds is 2. The highest BCUT2D eigenvalue weighted by Gasteiger charge is 2.44. The minimum atomic E-state index is -1.76. The number of aromatic hydroxyl groups is 1. The molecule has 0 aromatic carbocycles. The second kappa shape index (κ2) is 4.44. The molecule has 2 heterocycles. The van der Waals surface area contributed by atoms with E-state index in [0.29, 0.717) is 0 Å². The topological polar surface area (TPSA) is 91.9 Å².